The summed E-state index contributed by atoms with van der Waals surface area (Å²) in [6, 6.07) is 0. The molecule has 0 aromatic carbocycles. The van der Waals surface area contributed by atoms with E-state index in [2.05, 4.69) is 4.90 Å². The summed E-state index contributed by atoms with van der Waals surface area (Å²) in [6.07, 6.45) is 5.24. The second kappa shape index (κ2) is 3.29. The largest absolute Gasteiger partial charge is 0.481 e. The lowest BCUT2D eigenvalue weighted by atomic mass is 10.0. The number of aliphatic carboxylic acids is 1. The standard InChI is InChI=1S/C10H17NO2/c12-9(13)10(3-4-10)5-8-11-6-1-2-7-11/h1-8H2,(H,12,13). The number of hydrogen-bond donors (Lipinski definition) is 1. The van der Waals surface area contributed by atoms with Gasteiger partial charge in [0.2, 0.25) is 0 Å². The van der Waals surface area contributed by atoms with Crippen molar-refractivity contribution in [2.24, 2.45) is 5.41 Å². The maximum Gasteiger partial charge on any atom is 0.309 e. The van der Waals surface area contributed by atoms with Crippen LogP contribution in [0.3, 0.4) is 0 Å². The molecule has 1 saturated carbocycles. The van der Waals surface area contributed by atoms with E-state index in [1.807, 2.05) is 0 Å². The average Bonchev–Trinajstić information content (AvgIpc) is 2.73. The van der Waals surface area contributed by atoms with Crippen molar-refractivity contribution in [2.45, 2.75) is 32.1 Å². The lowest BCUT2D eigenvalue weighted by Gasteiger charge is -2.17. The highest BCUT2D eigenvalue weighted by molar-refractivity contribution is 5.77. The Morgan fingerprint density at radius 1 is 1.31 bits per heavy atom. The van der Waals surface area contributed by atoms with E-state index in [-0.39, 0.29) is 5.41 Å². The summed E-state index contributed by atoms with van der Waals surface area (Å²) in [7, 11) is 0. The van der Waals surface area contributed by atoms with E-state index in [0.717, 1.165) is 25.8 Å². The van der Waals surface area contributed by atoms with Crippen LogP contribution in [-0.4, -0.2) is 35.6 Å². The molecule has 1 N–H and O–H groups in total. The first-order valence-electron chi connectivity index (χ1n) is 5.19. The summed E-state index contributed by atoms with van der Waals surface area (Å²) < 4.78 is 0. The second-order valence-corrected chi connectivity index (χ2v) is 4.38. The van der Waals surface area contributed by atoms with Crippen LogP contribution in [0.2, 0.25) is 0 Å². The van der Waals surface area contributed by atoms with Crippen molar-refractivity contribution in [3.63, 3.8) is 0 Å². The molecule has 1 saturated heterocycles. The van der Waals surface area contributed by atoms with Gasteiger partial charge in [-0.1, -0.05) is 0 Å². The lowest BCUT2D eigenvalue weighted by Crippen LogP contribution is -2.26. The third kappa shape index (κ3) is 1.85. The van der Waals surface area contributed by atoms with Gasteiger partial charge >= 0.3 is 5.97 Å². The maximum atomic E-state index is 10.9. The van der Waals surface area contributed by atoms with E-state index in [1.54, 1.807) is 0 Å². The fraction of sp³-hybridized carbons (Fsp3) is 0.900. The summed E-state index contributed by atoms with van der Waals surface area (Å²) >= 11 is 0. The Morgan fingerprint density at radius 3 is 2.38 bits per heavy atom. The first-order valence-corrected chi connectivity index (χ1v) is 5.19. The van der Waals surface area contributed by atoms with Gasteiger partial charge in [-0.15, -0.1) is 0 Å². The van der Waals surface area contributed by atoms with Crippen molar-refractivity contribution in [3.8, 4) is 0 Å². The minimum absolute atomic E-state index is 0.317. The normalized spacial score (nSPS) is 26.2. The van der Waals surface area contributed by atoms with E-state index in [1.165, 1.54) is 25.9 Å². The molecule has 0 aromatic heterocycles. The van der Waals surface area contributed by atoms with Crippen molar-refractivity contribution in [2.75, 3.05) is 19.6 Å². The van der Waals surface area contributed by atoms with Crippen molar-refractivity contribution < 1.29 is 9.90 Å². The smallest absolute Gasteiger partial charge is 0.309 e. The molecule has 1 heterocycles. The van der Waals surface area contributed by atoms with Gasteiger partial charge in [-0.25, -0.2) is 0 Å². The Morgan fingerprint density at radius 2 is 1.92 bits per heavy atom. The van der Waals surface area contributed by atoms with Crippen molar-refractivity contribution >= 4 is 5.97 Å². The first-order chi connectivity index (χ1) is 6.23. The number of carbonyl (C=O) groups is 1. The summed E-state index contributed by atoms with van der Waals surface area (Å²) in [4.78, 5) is 13.3. The van der Waals surface area contributed by atoms with E-state index in [0.29, 0.717) is 0 Å². The van der Waals surface area contributed by atoms with Gasteiger partial charge in [-0.2, -0.15) is 0 Å². The quantitative estimate of drug-likeness (QED) is 0.715. The number of likely N-dealkylation sites (tertiary alicyclic amines) is 1. The lowest BCUT2D eigenvalue weighted by molar-refractivity contribution is -0.143. The SMILES string of the molecule is O=C(O)C1(CCN2CCCC2)CC1. The molecular formula is C10H17NO2. The fourth-order valence-corrected chi connectivity index (χ4v) is 2.10. The molecule has 2 fully saturated rings. The zero-order valence-electron chi connectivity index (χ0n) is 7.96. The Balaban J connectivity index is 1.75. The highest BCUT2D eigenvalue weighted by Crippen LogP contribution is 2.49. The van der Waals surface area contributed by atoms with Gasteiger partial charge in [0.25, 0.3) is 0 Å². The zero-order chi connectivity index (χ0) is 9.31. The molecule has 3 nitrogen and oxygen atoms in total. The topological polar surface area (TPSA) is 40.5 Å². The molecule has 2 rings (SSSR count). The molecule has 74 valence electrons. The molecule has 0 spiro atoms. The Hall–Kier alpha value is -0.570. The third-order valence-electron chi connectivity index (χ3n) is 3.41. The van der Waals surface area contributed by atoms with E-state index < -0.39 is 5.97 Å². The fourth-order valence-electron chi connectivity index (χ4n) is 2.10. The zero-order valence-corrected chi connectivity index (χ0v) is 7.96. The molecule has 13 heavy (non-hydrogen) atoms. The van der Waals surface area contributed by atoms with Gasteiger partial charge in [0, 0.05) is 0 Å². The number of hydrogen-bond acceptors (Lipinski definition) is 2. The Kier molecular flexibility index (Phi) is 2.28. The molecule has 2 aliphatic rings. The third-order valence-corrected chi connectivity index (χ3v) is 3.41. The van der Waals surface area contributed by atoms with Crippen LogP contribution in [0.25, 0.3) is 0 Å². The van der Waals surface area contributed by atoms with Crippen LogP contribution < -0.4 is 0 Å². The van der Waals surface area contributed by atoms with Gasteiger partial charge in [0.05, 0.1) is 5.41 Å². The number of carboxylic acids is 1. The molecule has 0 atom stereocenters. The molecule has 0 bridgehead atoms. The summed E-state index contributed by atoms with van der Waals surface area (Å²) in [5, 5.41) is 8.96. The van der Waals surface area contributed by atoms with Gasteiger partial charge in [0.15, 0.2) is 0 Å². The predicted molar refractivity (Wildman–Crippen MR) is 49.6 cm³/mol. The Labute approximate surface area is 78.7 Å². The van der Waals surface area contributed by atoms with E-state index in [9.17, 15) is 4.79 Å². The summed E-state index contributed by atoms with van der Waals surface area (Å²) in [5.41, 5.74) is -0.317. The molecule has 1 aliphatic carbocycles. The second-order valence-electron chi connectivity index (χ2n) is 4.38. The van der Waals surface area contributed by atoms with Gasteiger partial charge < -0.3 is 10.0 Å². The molecule has 1 aliphatic heterocycles. The number of rotatable bonds is 4. The molecule has 0 amide bonds. The summed E-state index contributed by atoms with van der Waals surface area (Å²) in [5.74, 6) is -0.577. The minimum Gasteiger partial charge on any atom is -0.481 e. The van der Waals surface area contributed by atoms with Gasteiger partial charge in [-0.3, -0.25) is 4.79 Å². The molecular weight excluding hydrogens is 166 g/mol. The number of nitrogens with zero attached hydrogens (tertiary/aromatic N) is 1. The highest BCUT2D eigenvalue weighted by Gasteiger charge is 2.49. The highest BCUT2D eigenvalue weighted by atomic mass is 16.4. The van der Waals surface area contributed by atoms with Crippen molar-refractivity contribution in [1.29, 1.82) is 0 Å². The number of carboxylic acid groups (broad SMARTS) is 1. The summed E-state index contributed by atoms with van der Waals surface area (Å²) in [6.45, 7) is 3.34. The van der Waals surface area contributed by atoms with Gasteiger partial charge in [-0.05, 0) is 51.7 Å². The maximum absolute atomic E-state index is 10.9. The van der Waals surface area contributed by atoms with Crippen LogP contribution in [-0.2, 0) is 4.79 Å². The van der Waals surface area contributed by atoms with Crippen molar-refractivity contribution in [3.05, 3.63) is 0 Å². The molecule has 0 unspecified atom stereocenters. The van der Waals surface area contributed by atoms with Crippen LogP contribution in [0.1, 0.15) is 32.1 Å². The van der Waals surface area contributed by atoms with Crippen LogP contribution in [0, 0.1) is 5.41 Å². The van der Waals surface area contributed by atoms with Crippen LogP contribution in [0.5, 0.6) is 0 Å². The molecule has 0 radical (unpaired) electrons. The van der Waals surface area contributed by atoms with E-state index >= 15 is 0 Å². The first kappa shape index (κ1) is 9.00. The van der Waals surface area contributed by atoms with Gasteiger partial charge in [0.1, 0.15) is 0 Å². The Bertz CT molecular complexity index is 205. The van der Waals surface area contributed by atoms with Crippen molar-refractivity contribution in [1.82, 2.24) is 4.90 Å². The average molecular weight is 183 g/mol. The van der Waals surface area contributed by atoms with Crippen LogP contribution >= 0.6 is 0 Å². The monoisotopic (exact) mass is 183 g/mol. The van der Waals surface area contributed by atoms with Crippen LogP contribution in [0.15, 0.2) is 0 Å². The minimum atomic E-state index is -0.577. The molecule has 0 aromatic rings. The van der Waals surface area contributed by atoms with Crippen LogP contribution in [0.4, 0.5) is 0 Å². The molecule has 3 heteroatoms. The predicted octanol–water partition coefficient (Wildman–Crippen LogP) is 1.34. The van der Waals surface area contributed by atoms with E-state index in [4.69, 9.17) is 5.11 Å².